The molecule has 1 saturated heterocycles. The number of nitrogens with zero attached hydrogens (tertiary/aromatic N) is 1. The number of nitrogens with two attached hydrogens (primary N) is 1. The van der Waals surface area contributed by atoms with E-state index in [0.29, 0.717) is 11.5 Å². The second kappa shape index (κ2) is 6.02. The molecule has 0 saturated carbocycles. The van der Waals surface area contributed by atoms with Crippen molar-refractivity contribution in [3.05, 3.63) is 0 Å². The highest BCUT2D eigenvalue weighted by molar-refractivity contribution is 4.79. The van der Waals surface area contributed by atoms with Gasteiger partial charge in [-0.05, 0) is 63.6 Å². The average molecular weight is 226 g/mol. The van der Waals surface area contributed by atoms with E-state index in [0.717, 1.165) is 12.3 Å². The maximum atomic E-state index is 5.82. The van der Waals surface area contributed by atoms with E-state index in [2.05, 4.69) is 32.6 Å². The fourth-order valence-corrected chi connectivity index (χ4v) is 2.63. The Balaban J connectivity index is 2.35. The van der Waals surface area contributed by atoms with Gasteiger partial charge in [-0.3, -0.25) is 0 Å². The van der Waals surface area contributed by atoms with E-state index in [1.54, 1.807) is 0 Å². The summed E-state index contributed by atoms with van der Waals surface area (Å²) in [5.74, 6) is 0.896. The van der Waals surface area contributed by atoms with Crippen LogP contribution in [0.5, 0.6) is 0 Å². The number of hydrogen-bond acceptors (Lipinski definition) is 2. The largest absolute Gasteiger partial charge is 0.328 e. The summed E-state index contributed by atoms with van der Waals surface area (Å²) in [7, 11) is 0. The summed E-state index contributed by atoms with van der Waals surface area (Å²) in [6.45, 7) is 13.0. The minimum atomic E-state index is 0.349. The van der Waals surface area contributed by atoms with Crippen molar-refractivity contribution in [1.82, 2.24) is 4.90 Å². The Morgan fingerprint density at radius 2 is 1.94 bits per heavy atom. The van der Waals surface area contributed by atoms with Gasteiger partial charge in [-0.25, -0.2) is 0 Å². The molecular formula is C14H30N2. The van der Waals surface area contributed by atoms with Crippen molar-refractivity contribution >= 4 is 0 Å². The molecule has 1 heterocycles. The second-order valence-electron chi connectivity index (χ2n) is 6.60. The summed E-state index contributed by atoms with van der Waals surface area (Å²) in [5, 5.41) is 0. The van der Waals surface area contributed by atoms with Crippen molar-refractivity contribution in [2.75, 3.05) is 19.6 Å². The molecule has 2 N–H and O–H groups in total. The summed E-state index contributed by atoms with van der Waals surface area (Å²) in [4.78, 5) is 2.61. The lowest BCUT2D eigenvalue weighted by Gasteiger charge is -2.29. The second-order valence-corrected chi connectivity index (χ2v) is 6.60. The van der Waals surface area contributed by atoms with Crippen molar-refractivity contribution in [3.63, 3.8) is 0 Å². The molecule has 0 radical (unpaired) electrons. The number of rotatable bonds is 3. The fraction of sp³-hybridized carbons (Fsp3) is 1.00. The van der Waals surface area contributed by atoms with Crippen molar-refractivity contribution < 1.29 is 0 Å². The van der Waals surface area contributed by atoms with Crippen molar-refractivity contribution in [2.45, 2.75) is 59.4 Å². The molecule has 2 nitrogen and oxygen atoms in total. The molecule has 1 rings (SSSR count). The van der Waals surface area contributed by atoms with Gasteiger partial charge in [0.15, 0.2) is 0 Å². The van der Waals surface area contributed by atoms with Crippen LogP contribution >= 0.6 is 0 Å². The summed E-state index contributed by atoms with van der Waals surface area (Å²) < 4.78 is 0. The standard InChI is InChI=1S/C14H30N2/c1-12(15)7-10-16-9-5-6-13(8-11-16)14(2,3)4/h12-13H,5-11,15H2,1-4H3. The molecular weight excluding hydrogens is 196 g/mol. The molecule has 0 aromatic rings. The minimum Gasteiger partial charge on any atom is -0.328 e. The molecule has 0 aromatic carbocycles. The van der Waals surface area contributed by atoms with Crippen molar-refractivity contribution in [3.8, 4) is 0 Å². The monoisotopic (exact) mass is 226 g/mol. The summed E-state index contributed by atoms with van der Waals surface area (Å²) >= 11 is 0. The van der Waals surface area contributed by atoms with Crippen LogP contribution in [0.1, 0.15) is 53.4 Å². The Labute approximate surface area is 102 Å². The first kappa shape index (κ1) is 14.0. The molecule has 2 unspecified atom stereocenters. The van der Waals surface area contributed by atoms with Gasteiger partial charge < -0.3 is 10.6 Å². The molecule has 1 aliphatic heterocycles. The third kappa shape index (κ3) is 4.84. The van der Waals surface area contributed by atoms with Crippen LogP contribution in [0, 0.1) is 11.3 Å². The zero-order valence-electron chi connectivity index (χ0n) is 11.6. The van der Waals surface area contributed by atoms with Gasteiger partial charge in [-0.15, -0.1) is 0 Å². The SMILES string of the molecule is CC(N)CCN1CCCC(C(C)(C)C)CC1. The third-order valence-electron chi connectivity index (χ3n) is 3.95. The average Bonchev–Trinajstić information content (AvgIpc) is 2.38. The van der Waals surface area contributed by atoms with Crippen LogP contribution in [0.4, 0.5) is 0 Å². The zero-order valence-corrected chi connectivity index (χ0v) is 11.6. The Morgan fingerprint density at radius 3 is 2.50 bits per heavy atom. The van der Waals surface area contributed by atoms with Gasteiger partial charge in [-0.1, -0.05) is 20.8 Å². The first-order valence-corrected chi connectivity index (χ1v) is 6.87. The van der Waals surface area contributed by atoms with Gasteiger partial charge in [0.25, 0.3) is 0 Å². The highest BCUT2D eigenvalue weighted by Crippen LogP contribution is 2.34. The first-order valence-electron chi connectivity index (χ1n) is 6.87. The molecule has 0 aromatic heterocycles. The molecule has 0 aliphatic carbocycles. The quantitative estimate of drug-likeness (QED) is 0.802. The molecule has 1 aliphatic rings. The van der Waals surface area contributed by atoms with E-state index in [1.165, 1.54) is 38.9 Å². The minimum absolute atomic E-state index is 0.349. The number of hydrogen-bond donors (Lipinski definition) is 1. The Morgan fingerprint density at radius 1 is 1.25 bits per heavy atom. The summed E-state index contributed by atoms with van der Waals surface area (Å²) in [6, 6.07) is 0.349. The van der Waals surface area contributed by atoms with Crippen LogP contribution in [0.3, 0.4) is 0 Å². The Kier molecular flexibility index (Phi) is 5.26. The predicted octanol–water partition coefficient (Wildman–Crippen LogP) is 2.87. The maximum Gasteiger partial charge on any atom is 0.00226 e. The molecule has 0 spiro atoms. The molecule has 0 bridgehead atoms. The van der Waals surface area contributed by atoms with Gasteiger partial charge in [0, 0.05) is 6.04 Å². The third-order valence-corrected chi connectivity index (χ3v) is 3.95. The maximum absolute atomic E-state index is 5.82. The highest BCUT2D eigenvalue weighted by atomic mass is 15.1. The van der Waals surface area contributed by atoms with Crippen LogP contribution in [-0.2, 0) is 0 Å². The van der Waals surface area contributed by atoms with Gasteiger partial charge in [0.1, 0.15) is 0 Å². The van der Waals surface area contributed by atoms with E-state index < -0.39 is 0 Å². The van der Waals surface area contributed by atoms with Gasteiger partial charge in [-0.2, -0.15) is 0 Å². The van der Waals surface area contributed by atoms with E-state index in [9.17, 15) is 0 Å². The fourth-order valence-electron chi connectivity index (χ4n) is 2.63. The van der Waals surface area contributed by atoms with Crippen LogP contribution < -0.4 is 5.73 Å². The van der Waals surface area contributed by atoms with Crippen molar-refractivity contribution in [1.29, 1.82) is 0 Å². The van der Waals surface area contributed by atoms with E-state index in [4.69, 9.17) is 5.73 Å². The molecule has 2 heteroatoms. The first-order chi connectivity index (χ1) is 7.39. The molecule has 1 fully saturated rings. The lowest BCUT2D eigenvalue weighted by Crippen LogP contribution is -2.30. The smallest absolute Gasteiger partial charge is 0.00226 e. The Hall–Kier alpha value is -0.0800. The van der Waals surface area contributed by atoms with Gasteiger partial charge in [0.05, 0.1) is 0 Å². The van der Waals surface area contributed by atoms with E-state index in [1.807, 2.05) is 0 Å². The molecule has 2 atom stereocenters. The van der Waals surface area contributed by atoms with Crippen LogP contribution in [-0.4, -0.2) is 30.6 Å². The Bertz CT molecular complexity index is 193. The van der Waals surface area contributed by atoms with E-state index in [-0.39, 0.29) is 0 Å². The molecule has 96 valence electrons. The summed E-state index contributed by atoms with van der Waals surface area (Å²) in [6.07, 6.45) is 5.27. The lowest BCUT2D eigenvalue weighted by molar-refractivity contribution is 0.207. The van der Waals surface area contributed by atoms with Crippen LogP contribution in [0.2, 0.25) is 0 Å². The zero-order chi connectivity index (χ0) is 12.2. The van der Waals surface area contributed by atoms with E-state index >= 15 is 0 Å². The normalized spacial score (nSPS) is 26.4. The number of likely N-dealkylation sites (tertiary alicyclic amines) is 1. The molecule has 0 amide bonds. The predicted molar refractivity (Wildman–Crippen MR) is 71.5 cm³/mol. The van der Waals surface area contributed by atoms with Crippen LogP contribution in [0.25, 0.3) is 0 Å². The lowest BCUT2D eigenvalue weighted by atomic mass is 9.77. The summed E-state index contributed by atoms with van der Waals surface area (Å²) in [5.41, 5.74) is 6.30. The van der Waals surface area contributed by atoms with Crippen LogP contribution in [0.15, 0.2) is 0 Å². The van der Waals surface area contributed by atoms with Crippen molar-refractivity contribution in [2.24, 2.45) is 17.1 Å². The molecule has 16 heavy (non-hydrogen) atoms. The highest BCUT2D eigenvalue weighted by Gasteiger charge is 2.26. The van der Waals surface area contributed by atoms with Gasteiger partial charge in [0.2, 0.25) is 0 Å². The topological polar surface area (TPSA) is 29.3 Å². The van der Waals surface area contributed by atoms with Gasteiger partial charge >= 0.3 is 0 Å².